The molecule has 0 saturated heterocycles. The van der Waals surface area contributed by atoms with Crippen LogP contribution in [-0.4, -0.2) is 34.6 Å². The smallest absolute Gasteiger partial charge is 0.242 e. The molecule has 0 spiro atoms. The molecule has 1 fully saturated rings. The molecule has 1 aliphatic carbocycles. The summed E-state index contributed by atoms with van der Waals surface area (Å²) in [5.41, 5.74) is 3.07. The minimum atomic E-state index is -0.616. The van der Waals surface area contributed by atoms with Crippen LogP contribution in [-0.2, 0) is 21.9 Å². The fourth-order valence-electron chi connectivity index (χ4n) is 3.93. The predicted molar refractivity (Wildman–Crippen MR) is 134 cm³/mol. The van der Waals surface area contributed by atoms with Crippen molar-refractivity contribution < 1.29 is 9.59 Å². The third-order valence-corrected chi connectivity index (χ3v) is 7.68. The Morgan fingerprint density at radius 2 is 1.75 bits per heavy atom. The second-order valence-electron chi connectivity index (χ2n) is 8.31. The molecule has 0 aromatic heterocycles. The molecule has 0 unspecified atom stereocenters. The van der Waals surface area contributed by atoms with Crippen LogP contribution in [0.3, 0.4) is 0 Å². The largest absolute Gasteiger partial charge is 0.352 e. The van der Waals surface area contributed by atoms with E-state index in [4.69, 9.17) is 23.2 Å². The van der Waals surface area contributed by atoms with Crippen LogP contribution in [0.2, 0.25) is 10.0 Å². The van der Waals surface area contributed by atoms with E-state index in [1.54, 1.807) is 41.8 Å². The summed E-state index contributed by atoms with van der Waals surface area (Å²) in [5, 5.41) is 4.10. The zero-order valence-electron chi connectivity index (χ0n) is 18.6. The van der Waals surface area contributed by atoms with Gasteiger partial charge in [0.25, 0.3) is 0 Å². The molecule has 1 saturated carbocycles. The Morgan fingerprint density at radius 3 is 2.41 bits per heavy atom. The molecule has 32 heavy (non-hydrogen) atoms. The minimum Gasteiger partial charge on any atom is -0.352 e. The fraction of sp³-hybridized carbons (Fsp3) is 0.440. The maximum Gasteiger partial charge on any atom is 0.242 e. The van der Waals surface area contributed by atoms with Crippen LogP contribution < -0.4 is 5.32 Å². The first-order valence-electron chi connectivity index (χ1n) is 11.0. The van der Waals surface area contributed by atoms with Crippen molar-refractivity contribution in [2.45, 2.75) is 63.9 Å². The topological polar surface area (TPSA) is 49.4 Å². The molecule has 1 aliphatic rings. The first-order chi connectivity index (χ1) is 15.4. The van der Waals surface area contributed by atoms with Gasteiger partial charge < -0.3 is 10.2 Å². The van der Waals surface area contributed by atoms with Crippen LogP contribution in [0.1, 0.15) is 49.3 Å². The number of hydrogen-bond donors (Lipinski definition) is 1. The second kappa shape index (κ2) is 12.0. The first-order valence-corrected chi connectivity index (χ1v) is 12.9. The molecule has 3 rings (SSSR count). The third-order valence-electron chi connectivity index (χ3n) is 6.00. The summed E-state index contributed by atoms with van der Waals surface area (Å²) in [5.74, 6) is 0.783. The van der Waals surface area contributed by atoms with Gasteiger partial charge in [0, 0.05) is 33.9 Å². The number of carbonyl (C=O) groups is 2. The molecule has 2 aromatic carbocycles. The summed E-state index contributed by atoms with van der Waals surface area (Å²) in [6, 6.07) is 13.0. The number of halogens is 2. The van der Waals surface area contributed by atoms with E-state index in [0.29, 0.717) is 15.6 Å². The van der Waals surface area contributed by atoms with Crippen molar-refractivity contribution in [3.8, 4) is 0 Å². The molecule has 0 aliphatic heterocycles. The third kappa shape index (κ3) is 6.66. The normalized spacial score (nSPS) is 14.9. The molecule has 0 bridgehead atoms. The van der Waals surface area contributed by atoms with Crippen LogP contribution in [0.25, 0.3) is 0 Å². The van der Waals surface area contributed by atoms with Gasteiger partial charge in [0.2, 0.25) is 11.8 Å². The Bertz CT molecular complexity index is 927. The molecule has 0 heterocycles. The van der Waals surface area contributed by atoms with E-state index >= 15 is 0 Å². The van der Waals surface area contributed by atoms with Gasteiger partial charge in [0.05, 0.1) is 5.75 Å². The number of aryl methyl sites for hydroxylation is 1. The van der Waals surface area contributed by atoms with Gasteiger partial charge in [0.1, 0.15) is 6.04 Å². The van der Waals surface area contributed by atoms with Gasteiger partial charge in [-0.2, -0.15) is 0 Å². The van der Waals surface area contributed by atoms with Crippen LogP contribution >= 0.6 is 35.0 Å². The molecule has 1 N–H and O–H groups in total. The van der Waals surface area contributed by atoms with Crippen LogP contribution in [0.4, 0.5) is 0 Å². The Hall–Kier alpha value is -1.69. The van der Waals surface area contributed by atoms with Crippen molar-refractivity contribution in [3.05, 3.63) is 69.2 Å². The van der Waals surface area contributed by atoms with Crippen molar-refractivity contribution >= 4 is 46.8 Å². The van der Waals surface area contributed by atoms with Crippen LogP contribution in [0.15, 0.2) is 42.5 Å². The van der Waals surface area contributed by atoms with Gasteiger partial charge in [-0.15, -0.1) is 11.8 Å². The van der Waals surface area contributed by atoms with Gasteiger partial charge in [-0.1, -0.05) is 66.4 Å². The number of carbonyl (C=O) groups excluding carboxylic acids is 2. The molecule has 4 nitrogen and oxygen atoms in total. The molecular formula is C25H30Cl2N2O2S. The summed E-state index contributed by atoms with van der Waals surface area (Å²) in [7, 11) is 0. The number of nitrogens with zero attached hydrogens (tertiary/aromatic N) is 1. The number of hydrogen-bond acceptors (Lipinski definition) is 3. The van der Waals surface area contributed by atoms with Crippen molar-refractivity contribution in [2.24, 2.45) is 0 Å². The van der Waals surface area contributed by atoms with Crippen LogP contribution in [0, 0.1) is 6.92 Å². The van der Waals surface area contributed by atoms with Crippen molar-refractivity contribution in [2.75, 3.05) is 5.75 Å². The van der Waals surface area contributed by atoms with Crippen LogP contribution in [0.5, 0.6) is 0 Å². The van der Waals surface area contributed by atoms with Gasteiger partial charge in [-0.05, 0) is 49.9 Å². The minimum absolute atomic E-state index is 0.103. The van der Waals surface area contributed by atoms with Crippen molar-refractivity contribution in [1.29, 1.82) is 0 Å². The summed E-state index contributed by atoms with van der Waals surface area (Å²) in [6.07, 6.45) is 4.25. The predicted octanol–water partition coefficient (Wildman–Crippen LogP) is 6.01. The number of nitrogens with one attached hydrogen (secondary N) is 1. The lowest BCUT2D eigenvalue weighted by atomic mass is 10.1. The highest BCUT2D eigenvalue weighted by molar-refractivity contribution is 7.99. The molecule has 2 amide bonds. The maximum absolute atomic E-state index is 13.3. The molecule has 172 valence electrons. The lowest BCUT2D eigenvalue weighted by Gasteiger charge is -2.30. The highest BCUT2D eigenvalue weighted by Gasteiger charge is 2.29. The summed E-state index contributed by atoms with van der Waals surface area (Å²) in [4.78, 5) is 27.8. The van der Waals surface area contributed by atoms with Gasteiger partial charge in [-0.3, -0.25) is 9.59 Å². The van der Waals surface area contributed by atoms with E-state index in [1.807, 2.05) is 12.1 Å². The Balaban J connectivity index is 1.71. The number of rotatable bonds is 9. The number of benzene rings is 2. The summed E-state index contributed by atoms with van der Waals surface area (Å²) >= 11 is 14.3. The van der Waals surface area contributed by atoms with E-state index in [9.17, 15) is 9.59 Å². The Kier molecular flexibility index (Phi) is 9.33. The molecular weight excluding hydrogens is 463 g/mol. The van der Waals surface area contributed by atoms with E-state index in [2.05, 4.69) is 24.4 Å². The standard InChI is InChI=1S/C25H30Cl2N2O2S/c1-17-8-3-4-9-19(17)15-32-16-24(30)29(14-21-22(26)12-7-13-23(21)27)18(2)25(31)28-20-10-5-6-11-20/h3-4,7-9,12-13,18,20H,5-6,10-11,14-16H2,1-2H3,(H,28,31)/t18-/m0/s1. The van der Waals surface area contributed by atoms with Gasteiger partial charge in [-0.25, -0.2) is 0 Å². The molecule has 2 aromatic rings. The van der Waals surface area contributed by atoms with Crippen molar-refractivity contribution in [1.82, 2.24) is 10.2 Å². The summed E-state index contributed by atoms with van der Waals surface area (Å²) < 4.78 is 0. The van der Waals surface area contributed by atoms with E-state index in [-0.39, 0.29) is 30.2 Å². The average Bonchev–Trinajstić information content (AvgIpc) is 3.27. The van der Waals surface area contributed by atoms with Gasteiger partial charge in [0.15, 0.2) is 0 Å². The average molecular weight is 494 g/mol. The molecule has 1 atom stereocenters. The first kappa shape index (κ1) is 24.9. The summed E-state index contributed by atoms with van der Waals surface area (Å²) in [6.45, 7) is 4.04. The highest BCUT2D eigenvalue weighted by Crippen LogP contribution is 2.27. The Morgan fingerprint density at radius 1 is 1.09 bits per heavy atom. The maximum atomic E-state index is 13.3. The van der Waals surface area contributed by atoms with E-state index in [0.717, 1.165) is 31.4 Å². The fourth-order valence-corrected chi connectivity index (χ4v) is 5.43. The van der Waals surface area contributed by atoms with E-state index in [1.165, 1.54) is 11.1 Å². The lowest BCUT2D eigenvalue weighted by Crippen LogP contribution is -2.50. The second-order valence-corrected chi connectivity index (χ2v) is 10.1. The SMILES string of the molecule is Cc1ccccc1CSCC(=O)N(Cc1c(Cl)cccc1Cl)[C@@H](C)C(=O)NC1CCCC1. The molecule has 7 heteroatoms. The Labute approximate surface area is 205 Å². The highest BCUT2D eigenvalue weighted by atomic mass is 35.5. The van der Waals surface area contributed by atoms with Gasteiger partial charge >= 0.3 is 0 Å². The monoisotopic (exact) mass is 492 g/mol. The molecule has 0 radical (unpaired) electrons. The number of thioether (sulfide) groups is 1. The van der Waals surface area contributed by atoms with E-state index < -0.39 is 6.04 Å². The quantitative estimate of drug-likeness (QED) is 0.466. The van der Waals surface area contributed by atoms with Crippen molar-refractivity contribution in [3.63, 3.8) is 0 Å². The number of amides is 2. The lowest BCUT2D eigenvalue weighted by molar-refractivity contribution is -0.138. The zero-order chi connectivity index (χ0) is 23.1. The zero-order valence-corrected chi connectivity index (χ0v) is 20.9.